The molecule has 0 radical (unpaired) electrons. The molecule has 1 aromatic rings. The standard InChI is InChI=1S/C7H12N4O/c1-4(2)5-9-6(8)11-7(10-5)12-3/h4H,1-3H3,(H2,8,9,10,11). The summed E-state index contributed by atoms with van der Waals surface area (Å²) in [6.07, 6.45) is 0. The van der Waals surface area contributed by atoms with Crippen LogP contribution in [0, 0.1) is 0 Å². The van der Waals surface area contributed by atoms with Gasteiger partial charge in [-0.2, -0.15) is 15.0 Å². The highest BCUT2D eigenvalue weighted by Gasteiger charge is 2.07. The molecule has 66 valence electrons. The van der Waals surface area contributed by atoms with E-state index in [1.165, 1.54) is 7.11 Å². The molecule has 5 nitrogen and oxygen atoms in total. The fourth-order valence-electron chi connectivity index (χ4n) is 0.738. The number of hydrogen-bond donors (Lipinski definition) is 1. The van der Waals surface area contributed by atoms with Crippen molar-refractivity contribution in [3.8, 4) is 6.01 Å². The van der Waals surface area contributed by atoms with Gasteiger partial charge in [-0.1, -0.05) is 13.8 Å². The zero-order valence-electron chi connectivity index (χ0n) is 7.40. The van der Waals surface area contributed by atoms with Gasteiger partial charge in [-0.25, -0.2) is 0 Å². The van der Waals surface area contributed by atoms with Crippen molar-refractivity contribution in [1.29, 1.82) is 0 Å². The van der Waals surface area contributed by atoms with Gasteiger partial charge in [-0.3, -0.25) is 0 Å². The number of aromatic nitrogens is 3. The second kappa shape index (κ2) is 3.34. The molecule has 0 amide bonds. The first-order valence-corrected chi connectivity index (χ1v) is 3.69. The van der Waals surface area contributed by atoms with Crippen LogP contribution >= 0.6 is 0 Å². The monoisotopic (exact) mass is 168 g/mol. The van der Waals surface area contributed by atoms with E-state index < -0.39 is 0 Å². The molecule has 1 aromatic heterocycles. The zero-order chi connectivity index (χ0) is 9.14. The largest absolute Gasteiger partial charge is 0.467 e. The first kappa shape index (κ1) is 8.70. The van der Waals surface area contributed by atoms with Gasteiger partial charge in [0.05, 0.1) is 7.11 Å². The Hall–Kier alpha value is -1.39. The molecule has 0 fully saturated rings. The first-order valence-electron chi connectivity index (χ1n) is 3.69. The van der Waals surface area contributed by atoms with E-state index in [0.717, 1.165) is 0 Å². The Kier molecular flexibility index (Phi) is 2.42. The summed E-state index contributed by atoms with van der Waals surface area (Å²) >= 11 is 0. The van der Waals surface area contributed by atoms with Gasteiger partial charge < -0.3 is 10.5 Å². The van der Waals surface area contributed by atoms with Crippen molar-refractivity contribution in [3.63, 3.8) is 0 Å². The molecule has 0 atom stereocenters. The van der Waals surface area contributed by atoms with Gasteiger partial charge in [-0.15, -0.1) is 0 Å². The van der Waals surface area contributed by atoms with Gasteiger partial charge in [-0.05, 0) is 0 Å². The Bertz CT molecular complexity index is 274. The van der Waals surface area contributed by atoms with Crippen LogP contribution in [0.1, 0.15) is 25.6 Å². The molecule has 0 bridgehead atoms. The summed E-state index contributed by atoms with van der Waals surface area (Å²) in [6, 6.07) is 0.270. The van der Waals surface area contributed by atoms with E-state index >= 15 is 0 Å². The third-order valence-corrected chi connectivity index (χ3v) is 1.35. The summed E-state index contributed by atoms with van der Waals surface area (Å²) < 4.78 is 4.84. The van der Waals surface area contributed by atoms with Crippen LogP contribution in [0.2, 0.25) is 0 Å². The molecular formula is C7H12N4O. The van der Waals surface area contributed by atoms with Gasteiger partial charge in [0.1, 0.15) is 5.82 Å². The van der Waals surface area contributed by atoms with Gasteiger partial charge in [0, 0.05) is 5.92 Å². The van der Waals surface area contributed by atoms with Crippen molar-refractivity contribution in [2.24, 2.45) is 0 Å². The van der Waals surface area contributed by atoms with Crippen molar-refractivity contribution in [1.82, 2.24) is 15.0 Å². The first-order chi connectivity index (χ1) is 5.63. The highest BCUT2D eigenvalue weighted by molar-refractivity contribution is 5.19. The minimum absolute atomic E-state index is 0.200. The van der Waals surface area contributed by atoms with E-state index in [1.54, 1.807) is 0 Å². The molecule has 0 aliphatic heterocycles. The molecule has 2 N–H and O–H groups in total. The van der Waals surface area contributed by atoms with Gasteiger partial charge in [0.2, 0.25) is 5.95 Å². The normalized spacial score (nSPS) is 10.3. The van der Waals surface area contributed by atoms with Crippen LogP contribution in [-0.2, 0) is 0 Å². The maximum Gasteiger partial charge on any atom is 0.321 e. The number of nitrogen functional groups attached to an aromatic ring is 1. The average Bonchev–Trinajstić information content (AvgIpc) is 2.03. The molecule has 1 heterocycles. The summed E-state index contributed by atoms with van der Waals surface area (Å²) in [6.45, 7) is 3.96. The van der Waals surface area contributed by atoms with Crippen molar-refractivity contribution in [2.75, 3.05) is 12.8 Å². The highest BCUT2D eigenvalue weighted by atomic mass is 16.5. The van der Waals surface area contributed by atoms with Crippen LogP contribution in [0.25, 0.3) is 0 Å². The molecule has 0 aliphatic carbocycles. The Morgan fingerprint density at radius 3 is 2.42 bits per heavy atom. The lowest BCUT2D eigenvalue weighted by Crippen LogP contribution is -2.06. The van der Waals surface area contributed by atoms with Crippen LogP contribution in [0.5, 0.6) is 6.01 Å². The van der Waals surface area contributed by atoms with Crippen molar-refractivity contribution >= 4 is 5.95 Å². The number of rotatable bonds is 2. The second-order valence-electron chi connectivity index (χ2n) is 2.69. The quantitative estimate of drug-likeness (QED) is 0.699. The maximum atomic E-state index is 5.43. The Balaban J connectivity index is 3.06. The number of hydrogen-bond acceptors (Lipinski definition) is 5. The van der Waals surface area contributed by atoms with Crippen LogP contribution in [-0.4, -0.2) is 22.1 Å². The van der Waals surface area contributed by atoms with Gasteiger partial charge in [0.15, 0.2) is 0 Å². The molecule has 0 aliphatic rings. The molecule has 1 rings (SSSR count). The summed E-state index contributed by atoms with van der Waals surface area (Å²) in [5, 5.41) is 0. The lowest BCUT2D eigenvalue weighted by Gasteiger charge is -2.04. The van der Waals surface area contributed by atoms with E-state index in [-0.39, 0.29) is 17.9 Å². The van der Waals surface area contributed by atoms with Crippen LogP contribution < -0.4 is 10.5 Å². The minimum Gasteiger partial charge on any atom is -0.467 e. The molecule has 0 saturated heterocycles. The predicted molar refractivity (Wildman–Crippen MR) is 44.9 cm³/mol. The fraction of sp³-hybridized carbons (Fsp3) is 0.571. The van der Waals surface area contributed by atoms with Gasteiger partial charge in [0.25, 0.3) is 0 Å². The van der Waals surface area contributed by atoms with Crippen LogP contribution in [0.4, 0.5) is 5.95 Å². The summed E-state index contributed by atoms with van der Waals surface area (Å²) in [5.74, 6) is 1.08. The molecule has 0 aromatic carbocycles. The number of nitrogens with zero attached hydrogens (tertiary/aromatic N) is 3. The SMILES string of the molecule is COc1nc(N)nc(C(C)C)n1. The van der Waals surface area contributed by atoms with E-state index in [9.17, 15) is 0 Å². The predicted octanol–water partition coefficient (Wildman–Crippen LogP) is 0.586. The van der Waals surface area contributed by atoms with E-state index in [0.29, 0.717) is 5.82 Å². The van der Waals surface area contributed by atoms with E-state index in [1.807, 2.05) is 13.8 Å². The smallest absolute Gasteiger partial charge is 0.321 e. The van der Waals surface area contributed by atoms with Crippen molar-refractivity contribution in [3.05, 3.63) is 5.82 Å². The zero-order valence-corrected chi connectivity index (χ0v) is 7.40. The van der Waals surface area contributed by atoms with Crippen molar-refractivity contribution < 1.29 is 4.74 Å². The van der Waals surface area contributed by atoms with Gasteiger partial charge >= 0.3 is 6.01 Å². The third-order valence-electron chi connectivity index (χ3n) is 1.35. The second-order valence-corrected chi connectivity index (χ2v) is 2.69. The molecule has 0 unspecified atom stereocenters. The molecular weight excluding hydrogens is 156 g/mol. The Labute approximate surface area is 71.0 Å². The molecule has 5 heteroatoms. The Morgan fingerprint density at radius 1 is 1.25 bits per heavy atom. The number of anilines is 1. The lowest BCUT2D eigenvalue weighted by molar-refractivity contribution is 0.375. The fourth-order valence-corrected chi connectivity index (χ4v) is 0.738. The molecule has 0 spiro atoms. The number of ether oxygens (including phenoxy) is 1. The maximum absolute atomic E-state index is 5.43. The van der Waals surface area contributed by atoms with Crippen molar-refractivity contribution in [2.45, 2.75) is 19.8 Å². The highest BCUT2D eigenvalue weighted by Crippen LogP contribution is 2.12. The van der Waals surface area contributed by atoms with E-state index in [4.69, 9.17) is 10.5 Å². The number of nitrogens with two attached hydrogens (primary N) is 1. The summed E-state index contributed by atoms with van der Waals surface area (Å²) in [5.41, 5.74) is 5.43. The topological polar surface area (TPSA) is 73.9 Å². The van der Waals surface area contributed by atoms with E-state index in [2.05, 4.69) is 15.0 Å². The average molecular weight is 168 g/mol. The molecule has 0 saturated carbocycles. The van der Waals surface area contributed by atoms with Crippen LogP contribution in [0.15, 0.2) is 0 Å². The molecule has 12 heavy (non-hydrogen) atoms. The summed E-state index contributed by atoms with van der Waals surface area (Å²) in [4.78, 5) is 11.8. The Morgan fingerprint density at radius 2 is 1.92 bits per heavy atom. The summed E-state index contributed by atoms with van der Waals surface area (Å²) in [7, 11) is 1.50. The third kappa shape index (κ3) is 1.81. The number of methoxy groups -OCH3 is 1. The lowest BCUT2D eigenvalue weighted by atomic mass is 10.2. The minimum atomic E-state index is 0.200. The van der Waals surface area contributed by atoms with Crippen LogP contribution in [0.3, 0.4) is 0 Å².